The number of piperidine rings is 1. The van der Waals surface area contributed by atoms with Gasteiger partial charge in [-0.15, -0.1) is 0 Å². The molecule has 0 spiro atoms. The van der Waals surface area contributed by atoms with Crippen LogP contribution in [0.3, 0.4) is 0 Å². The van der Waals surface area contributed by atoms with Gasteiger partial charge in [0.25, 0.3) is 11.5 Å². The number of nitriles is 1. The molecule has 0 aliphatic carbocycles. The lowest BCUT2D eigenvalue weighted by molar-refractivity contribution is -0.136. The first kappa shape index (κ1) is 43.9. The number of hydrogen-bond acceptors (Lipinski definition) is 12. The molecule has 346 valence electrons. The van der Waals surface area contributed by atoms with Gasteiger partial charge in [-0.25, -0.2) is 13.8 Å². The fourth-order valence-corrected chi connectivity index (χ4v) is 11.1. The van der Waals surface area contributed by atoms with Crippen LogP contribution in [0.15, 0.2) is 83.9 Å². The summed E-state index contributed by atoms with van der Waals surface area (Å²) in [7, 11) is -4.25. The molecule has 20 heteroatoms. The molecule has 17 nitrogen and oxygen atoms in total. The first-order valence-corrected chi connectivity index (χ1v) is 23.7. The number of amides is 3. The molecule has 4 saturated heterocycles. The van der Waals surface area contributed by atoms with E-state index in [4.69, 9.17) is 4.74 Å². The summed E-state index contributed by atoms with van der Waals surface area (Å²) < 4.78 is 65.3. The molecule has 0 bridgehead atoms. The third kappa shape index (κ3) is 8.65. The summed E-state index contributed by atoms with van der Waals surface area (Å²) in [4.78, 5) is 64.6. The van der Waals surface area contributed by atoms with E-state index in [9.17, 15) is 37.2 Å². The molecule has 5 aromatic rings. The van der Waals surface area contributed by atoms with Crippen molar-refractivity contribution in [2.45, 2.75) is 44.4 Å². The molecule has 4 fully saturated rings. The molecular weight excluding hydrogens is 887 g/mol. The predicted octanol–water partition coefficient (Wildman–Crippen LogP) is 4.30. The number of nitrogens with one attached hydrogen (secondary N) is 2. The van der Waals surface area contributed by atoms with Crippen LogP contribution in [0, 0.1) is 23.1 Å². The summed E-state index contributed by atoms with van der Waals surface area (Å²) in [5, 5.41) is 12.5. The number of aromatic nitrogens is 2. The van der Waals surface area contributed by atoms with Crippen LogP contribution in [0.2, 0.25) is 0 Å². The Kier molecular flexibility index (Phi) is 11.6. The Morgan fingerprint density at radius 3 is 2.45 bits per heavy atom. The number of anilines is 3. The van der Waals surface area contributed by atoms with Crippen LogP contribution in [0.5, 0.6) is 11.5 Å². The van der Waals surface area contributed by atoms with Gasteiger partial charge < -0.3 is 19.4 Å². The van der Waals surface area contributed by atoms with Crippen molar-refractivity contribution in [3.8, 4) is 23.3 Å². The molecule has 1 aromatic heterocycles. The SMILES string of the molecule is N#Cc1c(NS(=O)(=O)N2CC[C@@H](F)C2)ccc(F)c1Oc1ccc2ncn(-c3cccc(N4CCC(CN5CCN(c6ccc7c(c6)CN([C@H]6CCC(=O)NC6=O)C7=O)CC5)C4)c3)c(=O)c2c1. The number of rotatable bonds is 11. The third-order valence-corrected chi connectivity index (χ3v) is 14.9. The zero-order chi connectivity index (χ0) is 46.6. The van der Waals surface area contributed by atoms with Gasteiger partial charge in [0.05, 0.1) is 22.3 Å². The minimum Gasteiger partial charge on any atom is -0.453 e. The molecule has 10 rings (SSSR count). The van der Waals surface area contributed by atoms with E-state index in [-0.39, 0.29) is 54.6 Å². The molecule has 2 N–H and O–H groups in total. The number of fused-ring (bicyclic) bond motifs is 2. The molecule has 3 amide bonds. The molecule has 1 unspecified atom stereocenters. The molecular formula is C47H46F2N10O7S. The maximum absolute atomic E-state index is 15.2. The average molecular weight is 933 g/mol. The van der Waals surface area contributed by atoms with E-state index in [1.165, 1.54) is 29.1 Å². The number of piperazine rings is 1. The van der Waals surface area contributed by atoms with E-state index < -0.39 is 51.0 Å². The predicted molar refractivity (Wildman–Crippen MR) is 244 cm³/mol. The Morgan fingerprint density at radius 1 is 0.866 bits per heavy atom. The minimum atomic E-state index is -4.25. The largest absolute Gasteiger partial charge is 0.453 e. The monoisotopic (exact) mass is 932 g/mol. The second-order valence-corrected chi connectivity index (χ2v) is 19.3. The Balaban J connectivity index is 0.772. The highest BCUT2D eigenvalue weighted by molar-refractivity contribution is 7.90. The summed E-state index contributed by atoms with van der Waals surface area (Å²) in [5.74, 6) is -1.94. The average Bonchev–Trinajstić information content (AvgIpc) is 4.07. The Bertz CT molecular complexity index is 3050. The van der Waals surface area contributed by atoms with Gasteiger partial charge in [0.1, 0.15) is 35.9 Å². The van der Waals surface area contributed by atoms with Gasteiger partial charge in [0.2, 0.25) is 11.8 Å². The molecule has 0 radical (unpaired) electrons. The number of benzene rings is 4. The minimum absolute atomic E-state index is 0.0126. The zero-order valence-corrected chi connectivity index (χ0v) is 37.1. The molecule has 6 heterocycles. The normalized spacial score (nSPS) is 21.5. The molecule has 3 atom stereocenters. The zero-order valence-electron chi connectivity index (χ0n) is 36.2. The molecule has 5 aliphatic rings. The Morgan fingerprint density at radius 2 is 1.67 bits per heavy atom. The number of imide groups is 1. The number of alkyl halides is 1. The highest BCUT2D eigenvalue weighted by atomic mass is 32.2. The van der Waals surface area contributed by atoms with Crippen molar-refractivity contribution in [2.75, 3.05) is 73.4 Å². The number of hydrogen-bond donors (Lipinski definition) is 2. The van der Waals surface area contributed by atoms with E-state index in [0.29, 0.717) is 35.7 Å². The van der Waals surface area contributed by atoms with Gasteiger partial charge in [0.15, 0.2) is 11.6 Å². The van der Waals surface area contributed by atoms with Crippen molar-refractivity contribution in [1.82, 2.24) is 29.0 Å². The summed E-state index contributed by atoms with van der Waals surface area (Å²) in [6, 6.07) is 21.2. The van der Waals surface area contributed by atoms with E-state index >= 15 is 4.39 Å². The van der Waals surface area contributed by atoms with Crippen molar-refractivity contribution in [2.24, 2.45) is 5.92 Å². The van der Waals surface area contributed by atoms with Gasteiger partial charge in [0, 0.05) is 88.8 Å². The number of halogens is 2. The van der Waals surface area contributed by atoms with Gasteiger partial charge in [-0.05, 0) is 97.5 Å². The van der Waals surface area contributed by atoms with Crippen molar-refractivity contribution in [3.63, 3.8) is 0 Å². The molecule has 67 heavy (non-hydrogen) atoms. The highest BCUT2D eigenvalue weighted by Gasteiger charge is 2.40. The van der Waals surface area contributed by atoms with Crippen LogP contribution in [-0.2, 0) is 26.3 Å². The topological polar surface area (TPSA) is 194 Å². The summed E-state index contributed by atoms with van der Waals surface area (Å²) in [5.41, 5.74) is 3.37. The van der Waals surface area contributed by atoms with Gasteiger partial charge >= 0.3 is 10.2 Å². The Hall–Kier alpha value is -6.95. The van der Waals surface area contributed by atoms with Crippen LogP contribution in [0.4, 0.5) is 25.8 Å². The molecule has 5 aliphatic heterocycles. The van der Waals surface area contributed by atoms with Crippen LogP contribution < -0.4 is 30.1 Å². The van der Waals surface area contributed by atoms with Gasteiger partial charge in [-0.3, -0.25) is 38.7 Å². The molecule has 4 aromatic carbocycles. The van der Waals surface area contributed by atoms with Crippen LogP contribution in [0.1, 0.15) is 47.2 Å². The van der Waals surface area contributed by atoms with Crippen molar-refractivity contribution >= 4 is 55.9 Å². The maximum atomic E-state index is 15.2. The summed E-state index contributed by atoms with van der Waals surface area (Å²) >= 11 is 0. The van der Waals surface area contributed by atoms with Crippen molar-refractivity contribution in [3.05, 3.63) is 112 Å². The second-order valence-electron chi connectivity index (χ2n) is 17.6. The quantitative estimate of drug-likeness (QED) is 0.179. The summed E-state index contributed by atoms with van der Waals surface area (Å²) in [6.07, 6.45) is 1.73. The second kappa shape index (κ2) is 17.7. The van der Waals surface area contributed by atoms with Crippen LogP contribution >= 0.6 is 0 Å². The smallest absolute Gasteiger partial charge is 0.301 e. The fourth-order valence-electron chi connectivity index (χ4n) is 9.80. The molecule has 0 saturated carbocycles. The summed E-state index contributed by atoms with van der Waals surface area (Å²) in [6.45, 7) is 6.05. The van der Waals surface area contributed by atoms with Gasteiger partial charge in [-0.1, -0.05) is 6.07 Å². The number of ether oxygens (including phenoxy) is 1. The maximum Gasteiger partial charge on any atom is 0.301 e. The number of nitrogens with zero attached hydrogens (tertiary/aromatic N) is 8. The third-order valence-electron chi connectivity index (χ3n) is 13.4. The first-order chi connectivity index (χ1) is 32.3. The number of carbonyl (C=O) groups excluding carboxylic acids is 3. The van der Waals surface area contributed by atoms with E-state index in [1.54, 1.807) is 4.90 Å². The van der Waals surface area contributed by atoms with Crippen LogP contribution in [-0.4, -0.2) is 121 Å². The van der Waals surface area contributed by atoms with Gasteiger partial charge in [-0.2, -0.15) is 18.0 Å². The van der Waals surface area contributed by atoms with E-state index in [1.807, 2.05) is 42.5 Å². The lowest BCUT2D eigenvalue weighted by Crippen LogP contribution is -2.52. The lowest BCUT2D eigenvalue weighted by Gasteiger charge is -2.37. The van der Waals surface area contributed by atoms with Crippen molar-refractivity contribution in [1.29, 1.82) is 5.26 Å². The van der Waals surface area contributed by atoms with Crippen LogP contribution in [0.25, 0.3) is 16.6 Å². The van der Waals surface area contributed by atoms with E-state index in [2.05, 4.69) is 35.8 Å². The Labute approximate surface area is 384 Å². The lowest BCUT2D eigenvalue weighted by atomic mass is 10.0. The van der Waals surface area contributed by atoms with E-state index in [0.717, 1.165) is 85.6 Å². The first-order valence-electron chi connectivity index (χ1n) is 22.3. The highest BCUT2D eigenvalue weighted by Crippen LogP contribution is 2.36. The van der Waals surface area contributed by atoms with Crippen molar-refractivity contribution < 1.29 is 36.3 Å². The standard InChI is InChI=1S/C47H46F2N10O7S/c48-31-13-15-57(27-31)67(64,65)53-41-9-7-39(49)44(38(41)23-50)66-35-5-8-40-37(22-35)47(63)59(28-51-40)34-3-1-2-32(21-34)56-14-12-29(25-56)24-54-16-18-55(19-17-54)33-4-6-36-30(20-33)26-58(46(36)62)42-10-11-43(60)52-45(42)61/h1-9,20-22,28-29,31,42,53H,10-19,24-27H2,(H,52,60,61)/t29?,31-,42+/m1/s1. The number of carbonyl (C=O) groups is 3. The fraction of sp³-hybridized carbons (Fsp3) is 0.362.